The van der Waals surface area contributed by atoms with Gasteiger partial charge >= 0.3 is 0 Å². The van der Waals surface area contributed by atoms with E-state index in [1.54, 1.807) is 42.7 Å². The van der Waals surface area contributed by atoms with Crippen LogP contribution < -0.4 is 14.8 Å². The number of rotatable bonds is 8. The van der Waals surface area contributed by atoms with Gasteiger partial charge in [-0.15, -0.1) is 0 Å². The standard InChI is InChI=1S/C18H19N5O3S/c1-2-17(24)23-16-6-4-3-5-14(16)12-22-27(25,26)21-11-13-7-9-19-18-15(13)8-10-20-18/h2-10,21-22H,1,11-12H2,(H,19,20)(H,23,24). The molecule has 0 radical (unpaired) electrons. The minimum absolute atomic E-state index is 0.0266. The van der Waals surface area contributed by atoms with Gasteiger partial charge < -0.3 is 10.3 Å². The highest BCUT2D eigenvalue weighted by molar-refractivity contribution is 7.87. The molecule has 0 aliphatic heterocycles. The van der Waals surface area contributed by atoms with Crippen LogP contribution in [0, 0.1) is 0 Å². The first-order chi connectivity index (χ1) is 13.0. The van der Waals surface area contributed by atoms with Gasteiger partial charge in [-0.05, 0) is 35.4 Å². The first kappa shape index (κ1) is 18.8. The molecule has 1 amide bonds. The Labute approximate surface area is 156 Å². The number of hydrogen-bond donors (Lipinski definition) is 4. The smallest absolute Gasteiger partial charge is 0.277 e. The normalized spacial score (nSPS) is 11.4. The third-order valence-electron chi connectivity index (χ3n) is 3.92. The molecule has 2 aromatic heterocycles. The molecule has 0 unspecified atom stereocenters. The molecule has 0 aliphatic rings. The van der Waals surface area contributed by atoms with E-state index in [2.05, 4.69) is 31.3 Å². The van der Waals surface area contributed by atoms with Gasteiger partial charge in [0.15, 0.2) is 0 Å². The zero-order chi connectivity index (χ0) is 19.3. The van der Waals surface area contributed by atoms with Gasteiger partial charge in [0.1, 0.15) is 5.65 Å². The Morgan fingerprint density at radius 1 is 1.11 bits per heavy atom. The monoisotopic (exact) mass is 385 g/mol. The second-order valence-electron chi connectivity index (χ2n) is 5.71. The van der Waals surface area contributed by atoms with Gasteiger partial charge in [-0.1, -0.05) is 24.8 Å². The van der Waals surface area contributed by atoms with Crippen LogP contribution in [0.1, 0.15) is 11.1 Å². The third kappa shape index (κ3) is 4.79. The van der Waals surface area contributed by atoms with E-state index in [1.807, 2.05) is 6.07 Å². The number of H-pyrrole nitrogens is 1. The number of para-hydroxylation sites is 1. The lowest BCUT2D eigenvalue weighted by Gasteiger charge is -2.12. The Morgan fingerprint density at radius 2 is 1.85 bits per heavy atom. The predicted molar refractivity (Wildman–Crippen MR) is 104 cm³/mol. The highest BCUT2D eigenvalue weighted by Gasteiger charge is 2.12. The van der Waals surface area contributed by atoms with Crippen LogP contribution in [-0.2, 0) is 28.1 Å². The van der Waals surface area contributed by atoms with Crippen LogP contribution in [0.15, 0.2) is 61.4 Å². The Morgan fingerprint density at radius 3 is 2.63 bits per heavy atom. The van der Waals surface area contributed by atoms with Crippen molar-refractivity contribution in [1.29, 1.82) is 0 Å². The van der Waals surface area contributed by atoms with Crippen LogP contribution in [0.25, 0.3) is 11.0 Å². The number of anilines is 1. The summed E-state index contributed by atoms with van der Waals surface area (Å²) in [5.74, 6) is -0.364. The Balaban J connectivity index is 1.65. The number of hydrogen-bond acceptors (Lipinski definition) is 4. The quantitative estimate of drug-likeness (QED) is 0.443. The van der Waals surface area contributed by atoms with Crippen molar-refractivity contribution < 1.29 is 13.2 Å². The summed E-state index contributed by atoms with van der Waals surface area (Å²) in [4.78, 5) is 18.6. The summed E-state index contributed by atoms with van der Waals surface area (Å²) in [5, 5.41) is 3.51. The van der Waals surface area contributed by atoms with Gasteiger partial charge in [-0.3, -0.25) is 4.79 Å². The molecule has 0 atom stereocenters. The van der Waals surface area contributed by atoms with Crippen molar-refractivity contribution in [2.24, 2.45) is 0 Å². The SMILES string of the molecule is C=CC(=O)Nc1ccccc1CNS(=O)(=O)NCc1ccnc2[nH]ccc12. The molecule has 140 valence electrons. The molecule has 8 nitrogen and oxygen atoms in total. The fourth-order valence-electron chi connectivity index (χ4n) is 2.55. The molecule has 9 heteroatoms. The topological polar surface area (TPSA) is 116 Å². The molecule has 0 aliphatic carbocycles. The lowest BCUT2D eigenvalue weighted by molar-refractivity contribution is -0.111. The highest BCUT2D eigenvalue weighted by atomic mass is 32.2. The van der Waals surface area contributed by atoms with Crippen LogP contribution in [0.3, 0.4) is 0 Å². The summed E-state index contributed by atoms with van der Waals surface area (Å²) in [7, 11) is -3.74. The first-order valence-electron chi connectivity index (χ1n) is 8.15. The number of nitrogens with one attached hydrogen (secondary N) is 4. The van der Waals surface area contributed by atoms with E-state index in [0.717, 1.165) is 17.0 Å². The van der Waals surface area contributed by atoms with Crippen molar-refractivity contribution in [3.8, 4) is 0 Å². The van der Waals surface area contributed by atoms with E-state index in [0.29, 0.717) is 16.9 Å². The van der Waals surface area contributed by atoms with Crippen LogP contribution in [0.5, 0.6) is 0 Å². The largest absolute Gasteiger partial charge is 0.346 e. The van der Waals surface area contributed by atoms with Crippen LogP contribution >= 0.6 is 0 Å². The number of fused-ring (bicyclic) bond motifs is 1. The molecule has 0 saturated heterocycles. The van der Waals surface area contributed by atoms with Crippen LogP contribution in [0.2, 0.25) is 0 Å². The number of carbonyl (C=O) groups is 1. The number of aromatic amines is 1. The maximum Gasteiger partial charge on any atom is 0.277 e. The number of amides is 1. The first-order valence-corrected chi connectivity index (χ1v) is 9.63. The Hall–Kier alpha value is -3.01. The number of nitrogens with zero attached hydrogens (tertiary/aromatic N) is 1. The van der Waals surface area contributed by atoms with Crippen molar-refractivity contribution in [1.82, 2.24) is 19.4 Å². The molecule has 3 rings (SSSR count). The summed E-state index contributed by atoms with van der Waals surface area (Å²) in [6, 6.07) is 10.5. The van der Waals surface area contributed by atoms with E-state index in [1.165, 1.54) is 0 Å². The van der Waals surface area contributed by atoms with Crippen molar-refractivity contribution in [2.75, 3.05) is 5.32 Å². The lowest BCUT2D eigenvalue weighted by Crippen LogP contribution is -2.35. The number of aromatic nitrogens is 2. The van der Waals surface area contributed by atoms with E-state index >= 15 is 0 Å². The maximum atomic E-state index is 12.3. The summed E-state index contributed by atoms with van der Waals surface area (Å²) in [6.45, 7) is 3.55. The van der Waals surface area contributed by atoms with E-state index in [-0.39, 0.29) is 19.0 Å². The van der Waals surface area contributed by atoms with Crippen molar-refractivity contribution in [3.63, 3.8) is 0 Å². The van der Waals surface area contributed by atoms with E-state index in [9.17, 15) is 13.2 Å². The molecule has 0 saturated carbocycles. The summed E-state index contributed by atoms with van der Waals surface area (Å²) in [5.41, 5.74) is 2.67. The summed E-state index contributed by atoms with van der Waals surface area (Å²) >= 11 is 0. The zero-order valence-electron chi connectivity index (χ0n) is 14.4. The van der Waals surface area contributed by atoms with E-state index in [4.69, 9.17) is 0 Å². The van der Waals surface area contributed by atoms with Gasteiger partial charge in [-0.2, -0.15) is 17.9 Å². The second kappa shape index (κ2) is 8.12. The minimum atomic E-state index is -3.74. The van der Waals surface area contributed by atoms with Crippen LogP contribution in [0.4, 0.5) is 5.69 Å². The molecule has 0 spiro atoms. The minimum Gasteiger partial charge on any atom is -0.346 e. The Kier molecular flexibility index (Phi) is 5.65. The number of benzene rings is 1. The molecule has 1 aromatic carbocycles. The molecule has 0 fully saturated rings. The molecule has 4 N–H and O–H groups in total. The number of pyridine rings is 1. The molecule has 2 heterocycles. The second-order valence-corrected chi connectivity index (χ2v) is 7.29. The average Bonchev–Trinajstić information content (AvgIpc) is 3.15. The Bertz CT molecular complexity index is 1080. The predicted octanol–water partition coefficient (Wildman–Crippen LogP) is 1.81. The van der Waals surface area contributed by atoms with Gasteiger partial charge in [-0.25, -0.2) is 4.98 Å². The van der Waals surface area contributed by atoms with E-state index < -0.39 is 10.2 Å². The highest BCUT2D eigenvalue weighted by Crippen LogP contribution is 2.16. The molecular formula is C18H19N5O3S. The van der Waals surface area contributed by atoms with Crippen LogP contribution in [-0.4, -0.2) is 24.3 Å². The zero-order valence-corrected chi connectivity index (χ0v) is 15.2. The van der Waals surface area contributed by atoms with Crippen molar-refractivity contribution >= 4 is 32.8 Å². The third-order valence-corrected chi connectivity index (χ3v) is 4.97. The molecule has 27 heavy (non-hydrogen) atoms. The van der Waals surface area contributed by atoms with Gasteiger partial charge in [0.05, 0.1) is 0 Å². The van der Waals surface area contributed by atoms with Gasteiger partial charge in [0, 0.05) is 36.6 Å². The molecule has 3 aromatic rings. The maximum absolute atomic E-state index is 12.3. The van der Waals surface area contributed by atoms with Crippen molar-refractivity contribution in [2.45, 2.75) is 13.1 Å². The van der Waals surface area contributed by atoms with Gasteiger partial charge in [0.25, 0.3) is 10.2 Å². The molecule has 0 bridgehead atoms. The fourth-order valence-corrected chi connectivity index (χ4v) is 3.34. The van der Waals surface area contributed by atoms with Gasteiger partial charge in [0.2, 0.25) is 5.91 Å². The number of carbonyl (C=O) groups excluding carboxylic acids is 1. The molecular weight excluding hydrogens is 366 g/mol. The lowest BCUT2D eigenvalue weighted by atomic mass is 10.2. The summed E-state index contributed by atoms with van der Waals surface area (Å²) in [6.07, 6.45) is 4.52. The summed E-state index contributed by atoms with van der Waals surface area (Å²) < 4.78 is 29.6. The fraction of sp³-hybridized carbons (Fsp3) is 0.111. The van der Waals surface area contributed by atoms with Crippen molar-refractivity contribution in [3.05, 3.63) is 72.6 Å². The average molecular weight is 385 g/mol.